The third kappa shape index (κ3) is 4.28. The Balaban J connectivity index is 1.68. The topological polar surface area (TPSA) is 109 Å². The minimum atomic E-state index is -0.478. The molecule has 0 bridgehead atoms. The first-order valence-electron chi connectivity index (χ1n) is 7.52. The lowest BCUT2D eigenvalue weighted by Crippen LogP contribution is -2.10. The Hall–Kier alpha value is -2.27. The van der Waals surface area contributed by atoms with Gasteiger partial charge in [0.25, 0.3) is 0 Å². The molecule has 0 saturated heterocycles. The van der Waals surface area contributed by atoms with Crippen molar-refractivity contribution in [2.24, 2.45) is 0 Å². The van der Waals surface area contributed by atoms with Gasteiger partial charge in [-0.3, -0.25) is 0 Å². The van der Waals surface area contributed by atoms with Crippen molar-refractivity contribution < 1.29 is 9.53 Å². The molecule has 2 N–H and O–H groups in total. The summed E-state index contributed by atoms with van der Waals surface area (Å²) in [6.07, 6.45) is 1.66. The second kappa shape index (κ2) is 7.96. The number of carbonyl (C=O) groups is 1. The van der Waals surface area contributed by atoms with Crippen molar-refractivity contribution in [3.8, 4) is 0 Å². The number of esters is 1. The van der Waals surface area contributed by atoms with E-state index in [1.807, 2.05) is 0 Å². The first-order valence-corrected chi connectivity index (χ1v) is 8.98. The number of ether oxygens (including phenoxy) is 1. The summed E-state index contributed by atoms with van der Waals surface area (Å²) in [7, 11) is 0. The summed E-state index contributed by atoms with van der Waals surface area (Å²) < 4.78 is 7.67. The number of hydrogen-bond donors (Lipinski definition) is 1. The Bertz CT molecular complexity index is 962. The van der Waals surface area contributed by atoms with Gasteiger partial charge < -0.3 is 10.5 Å². The number of nitrogen functional groups attached to an aromatic ring is 1. The SMILES string of the molecule is Cc1ncc(Cn2nnc(COC(=O)c3cccc(Cl)c3)c2I)c(N)n1. The van der Waals surface area contributed by atoms with E-state index in [4.69, 9.17) is 22.1 Å². The van der Waals surface area contributed by atoms with Gasteiger partial charge in [-0.2, -0.15) is 0 Å². The average Bonchev–Trinajstić information content (AvgIpc) is 2.95. The maximum Gasteiger partial charge on any atom is 0.338 e. The molecule has 26 heavy (non-hydrogen) atoms. The van der Waals surface area contributed by atoms with Crippen molar-refractivity contribution in [1.29, 1.82) is 0 Å². The number of hydrogen-bond acceptors (Lipinski definition) is 7. The molecular weight excluding hydrogens is 471 g/mol. The highest BCUT2D eigenvalue weighted by Crippen LogP contribution is 2.16. The number of aryl methyl sites for hydroxylation is 1. The van der Waals surface area contributed by atoms with E-state index in [2.05, 4.69) is 42.9 Å². The van der Waals surface area contributed by atoms with Gasteiger partial charge in [0.2, 0.25) is 0 Å². The van der Waals surface area contributed by atoms with Gasteiger partial charge in [0, 0.05) is 16.8 Å². The van der Waals surface area contributed by atoms with Crippen molar-refractivity contribution >= 4 is 46.0 Å². The van der Waals surface area contributed by atoms with Crippen LogP contribution >= 0.6 is 34.2 Å². The number of halogens is 2. The van der Waals surface area contributed by atoms with Gasteiger partial charge in [-0.25, -0.2) is 19.4 Å². The van der Waals surface area contributed by atoms with Crippen molar-refractivity contribution in [1.82, 2.24) is 25.0 Å². The van der Waals surface area contributed by atoms with E-state index in [1.165, 1.54) is 0 Å². The Morgan fingerprint density at radius 3 is 2.96 bits per heavy atom. The molecule has 10 heteroatoms. The lowest BCUT2D eigenvalue weighted by Gasteiger charge is -2.06. The lowest BCUT2D eigenvalue weighted by molar-refractivity contribution is 0.0466. The van der Waals surface area contributed by atoms with Crippen LogP contribution in [-0.2, 0) is 17.9 Å². The normalized spacial score (nSPS) is 10.7. The molecule has 0 unspecified atom stereocenters. The monoisotopic (exact) mass is 484 g/mol. The predicted molar refractivity (Wildman–Crippen MR) is 104 cm³/mol. The highest BCUT2D eigenvalue weighted by Gasteiger charge is 2.15. The molecule has 3 rings (SSSR count). The van der Waals surface area contributed by atoms with E-state index in [-0.39, 0.29) is 6.61 Å². The molecule has 0 atom stereocenters. The van der Waals surface area contributed by atoms with Crippen LogP contribution in [0.15, 0.2) is 30.5 Å². The summed E-state index contributed by atoms with van der Waals surface area (Å²) in [4.78, 5) is 20.4. The number of rotatable bonds is 5. The molecule has 0 aliphatic heterocycles. The Morgan fingerprint density at radius 1 is 1.42 bits per heavy atom. The predicted octanol–water partition coefficient (Wildman–Crippen LogP) is 2.62. The fourth-order valence-electron chi connectivity index (χ4n) is 2.16. The van der Waals surface area contributed by atoms with E-state index in [9.17, 15) is 4.79 Å². The fraction of sp³-hybridized carbons (Fsp3) is 0.188. The maximum atomic E-state index is 12.1. The number of anilines is 1. The van der Waals surface area contributed by atoms with Crippen molar-refractivity contribution in [2.45, 2.75) is 20.1 Å². The fourth-order valence-corrected chi connectivity index (χ4v) is 2.88. The van der Waals surface area contributed by atoms with Crippen molar-refractivity contribution in [3.63, 3.8) is 0 Å². The standard InChI is InChI=1S/C16H14ClIN6O2/c1-9-20-6-11(15(19)21-9)7-24-14(18)13(22-23-24)8-26-16(25)10-3-2-4-12(17)5-10/h2-6H,7-8H2,1H3,(H2,19,20,21). The number of nitrogens with zero attached hydrogens (tertiary/aromatic N) is 5. The number of benzene rings is 1. The molecule has 0 saturated carbocycles. The Morgan fingerprint density at radius 2 is 2.23 bits per heavy atom. The molecule has 8 nitrogen and oxygen atoms in total. The van der Waals surface area contributed by atoms with E-state index < -0.39 is 5.97 Å². The molecule has 0 fully saturated rings. The van der Waals surface area contributed by atoms with Crippen LogP contribution in [0.2, 0.25) is 5.02 Å². The molecule has 2 heterocycles. The van der Waals surface area contributed by atoms with Crippen LogP contribution in [0.1, 0.15) is 27.4 Å². The van der Waals surface area contributed by atoms with Crippen LogP contribution in [0.25, 0.3) is 0 Å². The van der Waals surface area contributed by atoms with E-state index in [0.717, 1.165) is 9.26 Å². The average molecular weight is 485 g/mol. The van der Waals surface area contributed by atoms with Crippen LogP contribution in [0, 0.1) is 10.6 Å². The lowest BCUT2D eigenvalue weighted by atomic mass is 10.2. The van der Waals surface area contributed by atoms with Crippen molar-refractivity contribution in [2.75, 3.05) is 5.73 Å². The maximum absolute atomic E-state index is 12.1. The van der Waals surface area contributed by atoms with Crippen molar-refractivity contribution in [3.05, 3.63) is 61.8 Å². The third-order valence-corrected chi connectivity index (χ3v) is 4.89. The zero-order valence-electron chi connectivity index (χ0n) is 13.7. The van der Waals surface area contributed by atoms with Gasteiger partial charge in [-0.1, -0.05) is 22.9 Å². The number of nitrogens with two attached hydrogens (primary N) is 1. The Kier molecular flexibility index (Phi) is 5.67. The molecular formula is C16H14ClIN6O2. The Labute approximate surface area is 167 Å². The molecule has 1 aromatic carbocycles. The summed E-state index contributed by atoms with van der Waals surface area (Å²) in [5, 5.41) is 8.61. The minimum Gasteiger partial charge on any atom is -0.455 e. The van der Waals surface area contributed by atoms with E-state index >= 15 is 0 Å². The molecule has 0 radical (unpaired) electrons. The highest BCUT2D eigenvalue weighted by molar-refractivity contribution is 14.1. The van der Waals surface area contributed by atoms with Gasteiger partial charge in [0.15, 0.2) is 0 Å². The smallest absolute Gasteiger partial charge is 0.338 e. The number of carbonyl (C=O) groups excluding carboxylic acids is 1. The van der Waals surface area contributed by atoms with Gasteiger partial charge >= 0.3 is 5.97 Å². The zero-order valence-corrected chi connectivity index (χ0v) is 16.6. The zero-order chi connectivity index (χ0) is 18.7. The minimum absolute atomic E-state index is 0.00347. The summed E-state index contributed by atoms with van der Waals surface area (Å²) in [6, 6.07) is 6.56. The largest absolute Gasteiger partial charge is 0.455 e. The van der Waals surface area contributed by atoms with Gasteiger partial charge in [0.1, 0.15) is 27.6 Å². The van der Waals surface area contributed by atoms with Crippen LogP contribution in [0.5, 0.6) is 0 Å². The first-order chi connectivity index (χ1) is 12.4. The van der Waals surface area contributed by atoms with Crippen LogP contribution in [0.4, 0.5) is 5.82 Å². The quantitative estimate of drug-likeness (QED) is 0.438. The van der Waals surface area contributed by atoms with Crippen LogP contribution in [-0.4, -0.2) is 30.9 Å². The van der Waals surface area contributed by atoms with E-state index in [0.29, 0.717) is 34.5 Å². The second-order valence-electron chi connectivity index (χ2n) is 5.40. The summed E-state index contributed by atoms with van der Waals surface area (Å²) in [6.45, 7) is 2.15. The summed E-state index contributed by atoms with van der Waals surface area (Å²) in [5.74, 6) is 0.528. The van der Waals surface area contributed by atoms with Gasteiger partial charge in [-0.15, -0.1) is 5.10 Å². The number of aromatic nitrogens is 5. The molecule has 0 aliphatic carbocycles. The molecule has 2 aromatic heterocycles. The van der Waals surface area contributed by atoms with Crippen LogP contribution in [0.3, 0.4) is 0 Å². The van der Waals surface area contributed by atoms with E-state index in [1.54, 1.807) is 42.1 Å². The molecule has 0 aliphatic rings. The second-order valence-corrected chi connectivity index (χ2v) is 6.86. The summed E-state index contributed by atoms with van der Waals surface area (Å²) >= 11 is 7.97. The first kappa shape index (κ1) is 18.5. The van der Waals surface area contributed by atoms with Gasteiger partial charge in [-0.05, 0) is 47.7 Å². The van der Waals surface area contributed by atoms with Gasteiger partial charge in [0.05, 0.1) is 12.1 Å². The molecule has 3 aromatic rings. The molecule has 0 spiro atoms. The molecule has 134 valence electrons. The molecule has 0 amide bonds. The third-order valence-electron chi connectivity index (χ3n) is 3.48. The highest BCUT2D eigenvalue weighted by atomic mass is 127. The summed E-state index contributed by atoms with van der Waals surface area (Å²) in [5.41, 5.74) is 7.57. The van der Waals surface area contributed by atoms with Crippen LogP contribution < -0.4 is 5.73 Å².